The van der Waals surface area contributed by atoms with Gasteiger partial charge in [-0.2, -0.15) is 0 Å². The summed E-state index contributed by atoms with van der Waals surface area (Å²) in [7, 11) is -3.67. The first-order valence-corrected chi connectivity index (χ1v) is 12.5. The minimum atomic E-state index is -3.67. The molecule has 3 aromatic carbocycles. The van der Waals surface area contributed by atoms with Gasteiger partial charge in [-0.25, -0.2) is 13.1 Å². The lowest BCUT2D eigenvalue weighted by molar-refractivity contribution is 0.579. The fraction of sp³-hybridized carbons (Fsp3) is 0.174. The maximum absolute atomic E-state index is 12.7. The molecule has 0 fully saturated rings. The van der Waals surface area contributed by atoms with Crippen LogP contribution in [0.3, 0.4) is 0 Å². The number of hydrogen-bond donors (Lipinski definition) is 1. The van der Waals surface area contributed by atoms with Crippen LogP contribution < -0.4 is 9.60 Å². The Hall–Kier alpha value is -2.45. The molecule has 0 aliphatic heterocycles. The summed E-state index contributed by atoms with van der Waals surface area (Å²) in [6, 6.07) is 22.1. The van der Waals surface area contributed by atoms with Crippen molar-refractivity contribution in [1.82, 2.24) is 9.29 Å². The van der Waals surface area contributed by atoms with Gasteiger partial charge in [0.25, 0.3) is 0 Å². The average Bonchev–Trinajstić information content (AvgIpc) is 3.07. The van der Waals surface area contributed by atoms with Crippen LogP contribution in [0.15, 0.2) is 82.5 Å². The molecule has 1 aromatic heterocycles. The number of aryl methyl sites for hydroxylation is 1. The summed E-state index contributed by atoms with van der Waals surface area (Å²) in [5.74, 6) is 0. The van der Waals surface area contributed by atoms with Crippen molar-refractivity contribution in [2.45, 2.75) is 24.3 Å². The molecular weight excluding hydrogens is 452 g/mol. The zero-order valence-corrected chi connectivity index (χ0v) is 19.0. The van der Waals surface area contributed by atoms with Gasteiger partial charge in [0.2, 0.25) is 10.0 Å². The SMILES string of the molecule is O=c1sc2cc(S(=O)(=O)NCCCc3ccccc3Cl)ccc2n1Cc1ccccc1. The lowest BCUT2D eigenvalue weighted by atomic mass is 10.1. The summed E-state index contributed by atoms with van der Waals surface area (Å²) >= 11 is 7.20. The standard InChI is InChI=1S/C23H21ClN2O3S2/c24-20-11-5-4-9-18(20)10-6-14-25-31(28,29)19-12-13-21-22(15-19)30-23(27)26(21)16-17-7-2-1-3-8-17/h1-5,7-9,11-13,15,25H,6,10,14,16H2. The van der Waals surface area contributed by atoms with E-state index in [4.69, 9.17) is 11.6 Å². The van der Waals surface area contributed by atoms with Crippen LogP contribution in [0, 0.1) is 0 Å². The van der Waals surface area contributed by atoms with Crippen LogP contribution in [0.25, 0.3) is 10.2 Å². The number of hydrogen-bond acceptors (Lipinski definition) is 4. The molecule has 4 rings (SSSR count). The molecule has 1 N–H and O–H groups in total. The van der Waals surface area contributed by atoms with E-state index >= 15 is 0 Å². The van der Waals surface area contributed by atoms with Crippen molar-refractivity contribution in [2.24, 2.45) is 0 Å². The summed E-state index contributed by atoms with van der Waals surface area (Å²) in [4.78, 5) is 12.5. The Morgan fingerprint density at radius 1 is 0.968 bits per heavy atom. The van der Waals surface area contributed by atoms with E-state index in [1.165, 1.54) is 0 Å². The Morgan fingerprint density at radius 3 is 2.48 bits per heavy atom. The van der Waals surface area contributed by atoms with Crippen molar-refractivity contribution in [1.29, 1.82) is 0 Å². The van der Waals surface area contributed by atoms with Crippen molar-refractivity contribution in [3.05, 3.63) is 98.6 Å². The van der Waals surface area contributed by atoms with Gasteiger partial charge in [-0.3, -0.25) is 9.36 Å². The zero-order valence-electron chi connectivity index (χ0n) is 16.6. The molecule has 0 atom stereocenters. The van der Waals surface area contributed by atoms with E-state index in [1.807, 2.05) is 54.6 Å². The van der Waals surface area contributed by atoms with Crippen LogP contribution in [0.5, 0.6) is 0 Å². The number of aromatic nitrogens is 1. The van der Waals surface area contributed by atoms with Crippen LogP contribution in [0.2, 0.25) is 5.02 Å². The minimum absolute atomic E-state index is 0.110. The lowest BCUT2D eigenvalue weighted by Crippen LogP contribution is -2.25. The van der Waals surface area contributed by atoms with Gasteiger partial charge in [0, 0.05) is 11.6 Å². The van der Waals surface area contributed by atoms with E-state index in [2.05, 4.69) is 4.72 Å². The number of halogens is 1. The molecule has 0 saturated heterocycles. The lowest BCUT2D eigenvalue weighted by Gasteiger charge is -2.08. The number of sulfonamides is 1. The second kappa shape index (κ2) is 9.36. The van der Waals surface area contributed by atoms with Crippen molar-refractivity contribution >= 4 is 43.2 Å². The number of thiazole rings is 1. The van der Waals surface area contributed by atoms with Crippen LogP contribution in [0.4, 0.5) is 0 Å². The summed E-state index contributed by atoms with van der Waals surface area (Å²) < 4.78 is 30.4. The predicted octanol–water partition coefficient (Wildman–Crippen LogP) is 4.68. The van der Waals surface area contributed by atoms with Gasteiger partial charge >= 0.3 is 4.87 Å². The second-order valence-electron chi connectivity index (χ2n) is 7.16. The molecule has 0 aliphatic carbocycles. The third-order valence-electron chi connectivity index (χ3n) is 5.01. The Labute approximate surface area is 190 Å². The van der Waals surface area contributed by atoms with Gasteiger partial charge < -0.3 is 0 Å². The van der Waals surface area contributed by atoms with Crippen molar-refractivity contribution in [3.8, 4) is 0 Å². The first-order valence-electron chi connectivity index (χ1n) is 9.84. The maximum Gasteiger partial charge on any atom is 0.308 e. The van der Waals surface area contributed by atoms with Crippen LogP contribution in [-0.4, -0.2) is 19.5 Å². The van der Waals surface area contributed by atoms with Crippen LogP contribution in [0.1, 0.15) is 17.5 Å². The molecule has 1 heterocycles. The molecule has 0 bridgehead atoms. The number of nitrogens with one attached hydrogen (secondary N) is 1. The van der Waals surface area contributed by atoms with E-state index in [9.17, 15) is 13.2 Å². The van der Waals surface area contributed by atoms with Crippen molar-refractivity contribution in [2.75, 3.05) is 6.54 Å². The van der Waals surface area contributed by atoms with Crippen molar-refractivity contribution < 1.29 is 8.42 Å². The highest BCUT2D eigenvalue weighted by molar-refractivity contribution is 7.89. The maximum atomic E-state index is 12.7. The molecular formula is C23H21ClN2O3S2. The topological polar surface area (TPSA) is 68.2 Å². The normalized spacial score (nSPS) is 11.8. The molecule has 5 nitrogen and oxygen atoms in total. The molecule has 0 amide bonds. The highest BCUT2D eigenvalue weighted by Crippen LogP contribution is 2.23. The summed E-state index contributed by atoms with van der Waals surface area (Å²) in [6.07, 6.45) is 1.32. The van der Waals surface area contributed by atoms with Crippen LogP contribution >= 0.6 is 22.9 Å². The van der Waals surface area contributed by atoms with Gasteiger partial charge in [0.15, 0.2) is 0 Å². The van der Waals surface area contributed by atoms with Gasteiger partial charge in [0.1, 0.15) is 0 Å². The summed E-state index contributed by atoms with van der Waals surface area (Å²) in [5.41, 5.74) is 2.74. The predicted molar refractivity (Wildman–Crippen MR) is 127 cm³/mol. The largest absolute Gasteiger partial charge is 0.308 e. The highest BCUT2D eigenvalue weighted by Gasteiger charge is 2.16. The fourth-order valence-electron chi connectivity index (χ4n) is 3.40. The number of nitrogens with zero attached hydrogens (tertiary/aromatic N) is 1. The van der Waals surface area contributed by atoms with Gasteiger partial charge in [-0.15, -0.1) is 0 Å². The Balaban J connectivity index is 1.47. The molecule has 31 heavy (non-hydrogen) atoms. The number of fused-ring (bicyclic) bond motifs is 1. The van der Waals surface area contributed by atoms with Crippen LogP contribution in [-0.2, 0) is 23.0 Å². The Kier molecular flexibility index (Phi) is 6.57. The molecule has 4 aromatic rings. The summed E-state index contributed by atoms with van der Waals surface area (Å²) in [6.45, 7) is 0.753. The smallest absolute Gasteiger partial charge is 0.294 e. The van der Waals surface area contributed by atoms with E-state index in [-0.39, 0.29) is 9.77 Å². The van der Waals surface area contributed by atoms with E-state index in [0.29, 0.717) is 35.7 Å². The third-order valence-corrected chi connectivity index (χ3v) is 7.78. The zero-order chi connectivity index (χ0) is 21.8. The van der Waals surface area contributed by atoms with Gasteiger partial charge in [0.05, 0.1) is 21.7 Å². The van der Waals surface area contributed by atoms with E-state index in [1.54, 1.807) is 22.8 Å². The summed E-state index contributed by atoms with van der Waals surface area (Å²) in [5, 5.41) is 0.686. The molecule has 8 heteroatoms. The Bertz CT molecular complexity index is 1360. The molecule has 160 valence electrons. The molecule has 0 saturated carbocycles. The van der Waals surface area contributed by atoms with Gasteiger partial charge in [-0.1, -0.05) is 71.5 Å². The highest BCUT2D eigenvalue weighted by atomic mass is 35.5. The number of benzene rings is 3. The first kappa shape index (κ1) is 21.8. The average molecular weight is 473 g/mol. The van der Waals surface area contributed by atoms with E-state index < -0.39 is 10.0 Å². The monoisotopic (exact) mass is 472 g/mol. The van der Waals surface area contributed by atoms with Gasteiger partial charge in [-0.05, 0) is 48.2 Å². The molecule has 0 radical (unpaired) electrons. The van der Waals surface area contributed by atoms with E-state index in [0.717, 1.165) is 28.0 Å². The Morgan fingerprint density at radius 2 is 1.71 bits per heavy atom. The second-order valence-corrected chi connectivity index (χ2v) is 10.3. The quantitative estimate of drug-likeness (QED) is 0.379. The molecule has 0 aliphatic rings. The molecule has 0 unspecified atom stereocenters. The minimum Gasteiger partial charge on any atom is -0.294 e. The molecule has 0 spiro atoms. The number of rotatable bonds is 8. The fourth-order valence-corrected chi connectivity index (χ4v) is 5.73. The third kappa shape index (κ3) is 5.07. The van der Waals surface area contributed by atoms with Crippen molar-refractivity contribution in [3.63, 3.8) is 0 Å². The first-order chi connectivity index (χ1) is 14.9.